The fraction of sp³-hybridized carbons (Fsp3) is 0.250. The van der Waals surface area contributed by atoms with Crippen molar-refractivity contribution in [1.29, 1.82) is 0 Å². The van der Waals surface area contributed by atoms with Crippen molar-refractivity contribution in [3.8, 4) is 23.3 Å². The van der Waals surface area contributed by atoms with Gasteiger partial charge in [0.05, 0.1) is 20.3 Å². The minimum absolute atomic E-state index is 0.398. The van der Waals surface area contributed by atoms with Gasteiger partial charge in [-0.1, -0.05) is 24.0 Å². The second-order valence-electron chi connectivity index (χ2n) is 5.48. The number of methoxy groups -OCH3 is 2. The molecule has 0 aromatic heterocycles. The van der Waals surface area contributed by atoms with E-state index in [1.54, 1.807) is 21.1 Å². The molecule has 0 aliphatic rings. The zero-order valence-corrected chi connectivity index (χ0v) is 14.7. The molecule has 1 unspecified atom stereocenters. The quantitative estimate of drug-likeness (QED) is 0.527. The first kappa shape index (κ1) is 18.4. The SMILES string of the molecule is COc1ccc(C#Cc2ccc(C(C)N(O)C(C)=O)cc2)cc1OC. The highest BCUT2D eigenvalue weighted by Crippen LogP contribution is 2.27. The van der Waals surface area contributed by atoms with Crippen molar-refractivity contribution >= 4 is 5.91 Å². The summed E-state index contributed by atoms with van der Waals surface area (Å²) in [5.74, 6) is 7.05. The second kappa shape index (κ2) is 8.22. The summed E-state index contributed by atoms with van der Waals surface area (Å²) in [5, 5.41) is 10.4. The van der Waals surface area contributed by atoms with Crippen LogP contribution in [0.3, 0.4) is 0 Å². The molecule has 1 atom stereocenters. The zero-order chi connectivity index (χ0) is 18.4. The van der Waals surface area contributed by atoms with Crippen LogP contribution >= 0.6 is 0 Å². The lowest BCUT2D eigenvalue weighted by atomic mass is 10.1. The molecule has 0 saturated heterocycles. The molecule has 0 bridgehead atoms. The van der Waals surface area contributed by atoms with E-state index in [1.165, 1.54) is 6.92 Å². The summed E-state index contributed by atoms with van der Waals surface area (Å²) in [4.78, 5) is 11.2. The second-order valence-corrected chi connectivity index (χ2v) is 5.48. The van der Waals surface area contributed by atoms with Crippen molar-refractivity contribution in [2.45, 2.75) is 19.9 Å². The lowest BCUT2D eigenvalue weighted by Gasteiger charge is -2.21. The van der Waals surface area contributed by atoms with E-state index in [2.05, 4.69) is 11.8 Å². The zero-order valence-electron chi connectivity index (χ0n) is 14.7. The van der Waals surface area contributed by atoms with Gasteiger partial charge in [0, 0.05) is 18.1 Å². The van der Waals surface area contributed by atoms with E-state index >= 15 is 0 Å². The third-order valence-electron chi connectivity index (χ3n) is 3.82. The summed E-state index contributed by atoms with van der Waals surface area (Å²) in [7, 11) is 3.17. The first-order valence-electron chi connectivity index (χ1n) is 7.79. The average molecular weight is 339 g/mol. The first-order valence-corrected chi connectivity index (χ1v) is 7.79. The highest BCUT2D eigenvalue weighted by molar-refractivity contribution is 5.72. The van der Waals surface area contributed by atoms with Crippen LogP contribution in [0.2, 0.25) is 0 Å². The Labute approximate surface area is 147 Å². The Morgan fingerprint density at radius 1 is 1.00 bits per heavy atom. The number of carbonyl (C=O) groups excluding carboxylic acids is 1. The van der Waals surface area contributed by atoms with Crippen molar-refractivity contribution in [3.63, 3.8) is 0 Å². The lowest BCUT2D eigenvalue weighted by molar-refractivity contribution is -0.172. The maximum Gasteiger partial charge on any atom is 0.243 e. The monoisotopic (exact) mass is 339 g/mol. The fourth-order valence-electron chi connectivity index (χ4n) is 2.32. The largest absolute Gasteiger partial charge is 0.493 e. The number of benzene rings is 2. The van der Waals surface area contributed by atoms with E-state index in [1.807, 2.05) is 42.5 Å². The van der Waals surface area contributed by atoms with Crippen molar-refractivity contribution in [2.24, 2.45) is 0 Å². The smallest absolute Gasteiger partial charge is 0.243 e. The molecule has 130 valence electrons. The van der Waals surface area contributed by atoms with Crippen molar-refractivity contribution in [3.05, 3.63) is 59.2 Å². The van der Waals surface area contributed by atoms with Gasteiger partial charge in [-0.15, -0.1) is 0 Å². The molecule has 0 spiro atoms. The Balaban J connectivity index is 2.17. The normalized spacial score (nSPS) is 11.1. The van der Waals surface area contributed by atoms with E-state index < -0.39 is 11.9 Å². The molecule has 1 N–H and O–H groups in total. The Morgan fingerprint density at radius 3 is 2.12 bits per heavy atom. The number of nitrogens with zero attached hydrogens (tertiary/aromatic N) is 1. The maximum atomic E-state index is 11.2. The Morgan fingerprint density at radius 2 is 1.56 bits per heavy atom. The van der Waals surface area contributed by atoms with Crippen molar-refractivity contribution in [2.75, 3.05) is 14.2 Å². The molecule has 0 saturated carbocycles. The molecule has 2 rings (SSSR count). The van der Waals surface area contributed by atoms with Crippen LogP contribution in [0.15, 0.2) is 42.5 Å². The van der Waals surface area contributed by atoms with Gasteiger partial charge in [-0.25, -0.2) is 5.06 Å². The van der Waals surface area contributed by atoms with Crippen LogP contribution in [-0.2, 0) is 4.79 Å². The number of hydroxylamine groups is 2. The van der Waals surface area contributed by atoms with Crippen LogP contribution in [0.1, 0.15) is 36.6 Å². The van der Waals surface area contributed by atoms with E-state index in [-0.39, 0.29) is 0 Å². The van der Waals surface area contributed by atoms with Crippen LogP contribution in [0.5, 0.6) is 11.5 Å². The van der Waals surface area contributed by atoms with Gasteiger partial charge in [0.2, 0.25) is 5.91 Å². The van der Waals surface area contributed by atoms with E-state index in [0.717, 1.165) is 16.7 Å². The molecule has 0 radical (unpaired) electrons. The molecular formula is C20H21NO4. The highest BCUT2D eigenvalue weighted by Gasteiger charge is 2.15. The summed E-state index contributed by atoms with van der Waals surface area (Å²) in [6.07, 6.45) is 0. The molecule has 1 amide bonds. The standard InChI is InChI=1S/C20H21NO4/c1-14(21(23)15(2)22)18-10-7-16(8-11-18)5-6-17-9-12-19(24-3)20(13-17)25-4/h7-14,23H,1-4H3. The number of rotatable bonds is 4. The third kappa shape index (κ3) is 4.52. The Hall–Kier alpha value is -2.97. The van der Waals surface area contributed by atoms with Crippen molar-refractivity contribution in [1.82, 2.24) is 5.06 Å². The summed E-state index contributed by atoms with van der Waals surface area (Å²) in [6.45, 7) is 3.07. The molecule has 0 heterocycles. The minimum Gasteiger partial charge on any atom is -0.493 e. The highest BCUT2D eigenvalue weighted by atomic mass is 16.5. The molecule has 0 fully saturated rings. The summed E-state index contributed by atoms with van der Waals surface area (Å²) >= 11 is 0. The van der Waals surface area contributed by atoms with Gasteiger partial charge in [-0.2, -0.15) is 0 Å². The number of ether oxygens (including phenoxy) is 2. The van der Waals surface area contributed by atoms with Gasteiger partial charge >= 0.3 is 0 Å². The maximum absolute atomic E-state index is 11.2. The summed E-state index contributed by atoms with van der Waals surface area (Å²) in [6, 6.07) is 12.5. The van der Waals surface area contributed by atoms with Gasteiger partial charge in [0.25, 0.3) is 0 Å². The van der Waals surface area contributed by atoms with E-state index in [4.69, 9.17) is 9.47 Å². The molecule has 5 nitrogen and oxygen atoms in total. The number of hydrogen-bond acceptors (Lipinski definition) is 4. The fourth-order valence-corrected chi connectivity index (χ4v) is 2.32. The van der Waals surface area contributed by atoms with Gasteiger partial charge in [0.1, 0.15) is 0 Å². The predicted molar refractivity (Wildman–Crippen MR) is 94.7 cm³/mol. The summed E-state index contributed by atoms with van der Waals surface area (Å²) in [5.41, 5.74) is 2.47. The van der Waals surface area contributed by atoms with E-state index in [9.17, 15) is 10.0 Å². The molecule has 2 aromatic rings. The van der Waals surface area contributed by atoms with Gasteiger partial charge in [0.15, 0.2) is 11.5 Å². The van der Waals surface area contributed by atoms with Crippen molar-refractivity contribution < 1.29 is 19.5 Å². The predicted octanol–water partition coefficient (Wildman–Crippen LogP) is 3.40. The number of amides is 1. The average Bonchev–Trinajstić information content (AvgIpc) is 2.65. The number of hydrogen-bond donors (Lipinski definition) is 1. The number of carbonyl (C=O) groups is 1. The minimum atomic E-state index is -0.412. The molecule has 0 aliphatic carbocycles. The van der Waals surface area contributed by atoms with Crippen LogP contribution in [0.4, 0.5) is 0 Å². The molecule has 2 aromatic carbocycles. The topological polar surface area (TPSA) is 59.0 Å². The Kier molecular flexibility index (Phi) is 6.04. The van der Waals surface area contributed by atoms with Crippen LogP contribution in [0.25, 0.3) is 0 Å². The van der Waals surface area contributed by atoms with Gasteiger partial charge in [-0.3, -0.25) is 10.0 Å². The van der Waals surface area contributed by atoms with Gasteiger partial charge in [-0.05, 0) is 42.8 Å². The summed E-state index contributed by atoms with van der Waals surface area (Å²) < 4.78 is 10.5. The molecule has 25 heavy (non-hydrogen) atoms. The molecule has 0 aliphatic heterocycles. The Bertz CT molecular complexity index is 803. The third-order valence-corrected chi connectivity index (χ3v) is 3.82. The first-order chi connectivity index (χ1) is 12.0. The molecule has 5 heteroatoms. The van der Waals surface area contributed by atoms with Crippen LogP contribution in [-0.4, -0.2) is 30.4 Å². The lowest BCUT2D eigenvalue weighted by Crippen LogP contribution is -2.27. The van der Waals surface area contributed by atoms with Crippen LogP contribution in [0, 0.1) is 11.8 Å². The van der Waals surface area contributed by atoms with Crippen LogP contribution < -0.4 is 9.47 Å². The van der Waals surface area contributed by atoms with Gasteiger partial charge < -0.3 is 9.47 Å². The van der Waals surface area contributed by atoms with E-state index in [0.29, 0.717) is 16.6 Å². The molecular weight excluding hydrogens is 318 g/mol.